The van der Waals surface area contributed by atoms with Crippen LogP contribution in [-0.4, -0.2) is 23.8 Å². The van der Waals surface area contributed by atoms with Crippen LogP contribution in [-0.2, 0) is 13.0 Å². The van der Waals surface area contributed by atoms with Gasteiger partial charge >= 0.3 is 6.03 Å². The van der Waals surface area contributed by atoms with E-state index in [1.165, 1.54) is 5.56 Å². The molecule has 0 aromatic heterocycles. The predicted octanol–water partition coefficient (Wildman–Crippen LogP) is 2.21. The molecule has 4 heteroatoms. The molecule has 0 bridgehead atoms. The average molecular weight is 264 g/mol. The lowest BCUT2D eigenvalue weighted by Gasteiger charge is -2.11. The monoisotopic (exact) mass is 264 g/mol. The van der Waals surface area contributed by atoms with Crippen LogP contribution in [0.15, 0.2) is 24.3 Å². The number of carbonyl (C=O) groups excluding carboxylic acids is 1. The summed E-state index contributed by atoms with van der Waals surface area (Å²) in [5.74, 6) is 0. The summed E-state index contributed by atoms with van der Waals surface area (Å²) in [6.07, 6.45) is 1.94. The van der Waals surface area contributed by atoms with Gasteiger partial charge in [-0.2, -0.15) is 0 Å². The zero-order chi connectivity index (χ0) is 14.1. The minimum absolute atomic E-state index is 0.186. The van der Waals surface area contributed by atoms with Gasteiger partial charge in [0, 0.05) is 13.1 Å². The lowest BCUT2D eigenvalue weighted by atomic mass is 10.1. The molecule has 106 valence electrons. The van der Waals surface area contributed by atoms with Crippen molar-refractivity contribution in [3.63, 3.8) is 0 Å². The molecule has 0 radical (unpaired) electrons. The maximum atomic E-state index is 11.6. The van der Waals surface area contributed by atoms with Gasteiger partial charge in [-0.05, 0) is 30.4 Å². The highest BCUT2D eigenvalue weighted by Gasteiger charge is 2.04. The number of amides is 2. The fraction of sp³-hybridized carbons (Fsp3) is 0.533. The molecular weight excluding hydrogens is 240 g/mol. The number of aliphatic hydroxyl groups is 1. The second-order valence-electron chi connectivity index (χ2n) is 4.58. The average Bonchev–Trinajstić information content (AvgIpc) is 2.45. The van der Waals surface area contributed by atoms with E-state index < -0.39 is 0 Å². The Balaban J connectivity index is 2.30. The minimum Gasteiger partial charge on any atom is -0.393 e. The standard InChI is InChI=1S/C15H24N2O2/c1-3-12-7-5-6-8-13(12)11-17-15(19)16-10-9-14(18)4-2/h5-8,14,18H,3-4,9-11H2,1-2H3,(H2,16,17,19). The highest BCUT2D eigenvalue weighted by molar-refractivity contribution is 5.73. The molecular formula is C15H24N2O2. The van der Waals surface area contributed by atoms with Crippen LogP contribution in [0.1, 0.15) is 37.8 Å². The first-order chi connectivity index (χ1) is 9.17. The summed E-state index contributed by atoms with van der Waals surface area (Å²) in [4.78, 5) is 11.6. The summed E-state index contributed by atoms with van der Waals surface area (Å²) in [6.45, 7) is 5.06. The number of carbonyl (C=O) groups is 1. The van der Waals surface area contributed by atoms with Crippen LogP contribution in [0.5, 0.6) is 0 Å². The van der Waals surface area contributed by atoms with Gasteiger partial charge in [-0.1, -0.05) is 38.1 Å². The number of nitrogens with one attached hydrogen (secondary N) is 2. The van der Waals surface area contributed by atoms with Gasteiger partial charge in [0.2, 0.25) is 0 Å². The van der Waals surface area contributed by atoms with Crippen LogP contribution in [0.3, 0.4) is 0 Å². The van der Waals surface area contributed by atoms with E-state index in [0.29, 0.717) is 25.9 Å². The van der Waals surface area contributed by atoms with E-state index in [2.05, 4.69) is 23.6 Å². The summed E-state index contributed by atoms with van der Waals surface area (Å²) in [5, 5.41) is 15.0. The molecule has 3 N–H and O–H groups in total. The zero-order valence-electron chi connectivity index (χ0n) is 11.8. The third kappa shape index (κ3) is 5.75. The van der Waals surface area contributed by atoms with E-state index in [4.69, 9.17) is 0 Å². The number of rotatable bonds is 7. The summed E-state index contributed by atoms with van der Waals surface area (Å²) >= 11 is 0. The lowest BCUT2D eigenvalue weighted by Crippen LogP contribution is -2.36. The van der Waals surface area contributed by atoms with Crippen molar-refractivity contribution in [2.45, 2.75) is 45.8 Å². The Kier molecular flexibility index (Phi) is 6.97. The van der Waals surface area contributed by atoms with Crippen molar-refractivity contribution < 1.29 is 9.90 Å². The van der Waals surface area contributed by atoms with E-state index in [1.54, 1.807) is 0 Å². The van der Waals surface area contributed by atoms with Crippen LogP contribution in [0.25, 0.3) is 0 Å². The van der Waals surface area contributed by atoms with E-state index >= 15 is 0 Å². The van der Waals surface area contributed by atoms with Crippen molar-refractivity contribution in [3.8, 4) is 0 Å². The van der Waals surface area contributed by atoms with Crippen molar-refractivity contribution in [2.24, 2.45) is 0 Å². The third-order valence-corrected chi connectivity index (χ3v) is 3.17. The van der Waals surface area contributed by atoms with Crippen molar-refractivity contribution in [2.75, 3.05) is 6.54 Å². The van der Waals surface area contributed by atoms with Crippen LogP contribution < -0.4 is 10.6 Å². The Labute approximate surface area is 115 Å². The smallest absolute Gasteiger partial charge is 0.315 e. The van der Waals surface area contributed by atoms with Crippen molar-refractivity contribution in [1.29, 1.82) is 0 Å². The molecule has 0 aliphatic heterocycles. The first kappa shape index (κ1) is 15.5. The molecule has 2 amide bonds. The van der Waals surface area contributed by atoms with Crippen LogP contribution in [0.2, 0.25) is 0 Å². The summed E-state index contributed by atoms with van der Waals surface area (Å²) in [5.41, 5.74) is 2.40. The number of aryl methyl sites for hydroxylation is 1. The fourth-order valence-corrected chi connectivity index (χ4v) is 1.87. The van der Waals surface area contributed by atoms with Gasteiger partial charge in [0.1, 0.15) is 0 Å². The number of urea groups is 1. The normalized spacial score (nSPS) is 11.9. The number of benzene rings is 1. The highest BCUT2D eigenvalue weighted by atomic mass is 16.3. The molecule has 1 rings (SSSR count). The van der Waals surface area contributed by atoms with Gasteiger partial charge in [0.15, 0.2) is 0 Å². The molecule has 0 saturated carbocycles. The molecule has 1 atom stereocenters. The van der Waals surface area contributed by atoms with E-state index in [0.717, 1.165) is 12.0 Å². The summed E-state index contributed by atoms with van der Waals surface area (Å²) in [6, 6.07) is 7.90. The van der Waals surface area contributed by atoms with Gasteiger partial charge in [-0.3, -0.25) is 0 Å². The van der Waals surface area contributed by atoms with E-state index in [-0.39, 0.29) is 12.1 Å². The Bertz CT molecular complexity index is 393. The Morgan fingerprint density at radius 3 is 2.53 bits per heavy atom. The summed E-state index contributed by atoms with van der Waals surface area (Å²) in [7, 11) is 0. The van der Waals surface area contributed by atoms with Crippen molar-refractivity contribution in [3.05, 3.63) is 35.4 Å². The van der Waals surface area contributed by atoms with Gasteiger partial charge in [0.25, 0.3) is 0 Å². The molecule has 0 fully saturated rings. The molecule has 1 aromatic carbocycles. The highest BCUT2D eigenvalue weighted by Crippen LogP contribution is 2.08. The predicted molar refractivity (Wildman–Crippen MR) is 77.0 cm³/mol. The summed E-state index contributed by atoms with van der Waals surface area (Å²) < 4.78 is 0. The second-order valence-corrected chi connectivity index (χ2v) is 4.58. The van der Waals surface area contributed by atoms with E-state index in [9.17, 15) is 9.90 Å². The van der Waals surface area contributed by atoms with Crippen LogP contribution in [0.4, 0.5) is 4.79 Å². The van der Waals surface area contributed by atoms with Gasteiger partial charge < -0.3 is 15.7 Å². The zero-order valence-corrected chi connectivity index (χ0v) is 11.8. The second kappa shape index (κ2) is 8.53. The number of hydrogen-bond acceptors (Lipinski definition) is 2. The van der Waals surface area contributed by atoms with E-state index in [1.807, 2.05) is 25.1 Å². The lowest BCUT2D eigenvalue weighted by molar-refractivity contribution is 0.160. The molecule has 1 unspecified atom stereocenters. The largest absolute Gasteiger partial charge is 0.393 e. The maximum Gasteiger partial charge on any atom is 0.315 e. The Hall–Kier alpha value is -1.55. The molecule has 19 heavy (non-hydrogen) atoms. The number of aliphatic hydroxyl groups excluding tert-OH is 1. The topological polar surface area (TPSA) is 61.4 Å². The molecule has 0 spiro atoms. The molecule has 0 heterocycles. The third-order valence-electron chi connectivity index (χ3n) is 3.17. The minimum atomic E-state index is -0.332. The first-order valence-electron chi connectivity index (χ1n) is 6.93. The number of hydrogen-bond donors (Lipinski definition) is 3. The van der Waals surface area contributed by atoms with Crippen molar-refractivity contribution >= 4 is 6.03 Å². The SMILES string of the molecule is CCc1ccccc1CNC(=O)NCCC(O)CC. The molecule has 4 nitrogen and oxygen atoms in total. The maximum absolute atomic E-state index is 11.6. The Morgan fingerprint density at radius 1 is 1.21 bits per heavy atom. The molecule has 0 saturated heterocycles. The Morgan fingerprint density at radius 2 is 1.89 bits per heavy atom. The molecule has 0 aliphatic carbocycles. The van der Waals surface area contributed by atoms with Crippen molar-refractivity contribution in [1.82, 2.24) is 10.6 Å². The molecule has 1 aromatic rings. The van der Waals surface area contributed by atoms with Crippen LogP contribution >= 0.6 is 0 Å². The van der Waals surface area contributed by atoms with Gasteiger partial charge in [-0.25, -0.2) is 4.79 Å². The molecule has 0 aliphatic rings. The first-order valence-corrected chi connectivity index (χ1v) is 6.93. The van der Waals surface area contributed by atoms with Crippen LogP contribution in [0, 0.1) is 0 Å². The van der Waals surface area contributed by atoms with Gasteiger partial charge in [0.05, 0.1) is 6.10 Å². The van der Waals surface area contributed by atoms with Gasteiger partial charge in [-0.15, -0.1) is 0 Å². The fourth-order valence-electron chi connectivity index (χ4n) is 1.87. The quantitative estimate of drug-likeness (QED) is 0.707.